The molecule has 1 N–H and O–H groups in total. The molecule has 4 saturated carbocycles. The number of halogens is 1. The summed E-state index contributed by atoms with van der Waals surface area (Å²) in [5.74, 6) is 2.02. The Kier molecular flexibility index (Phi) is 5.25. The summed E-state index contributed by atoms with van der Waals surface area (Å²) in [5.41, 5.74) is 0.285. The van der Waals surface area contributed by atoms with E-state index < -0.39 is 15.8 Å². The molecule has 4 aliphatic rings. The summed E-state index contributed by atoms with van der Waals surface area (Å²) in [5, 5.41) is 0. The minimum atomic E-state index is -3.73. The lowest BCUT2D eigenvalue weighted by molar-refractivity contribution is -0.135. The smallest absolute Gasteiger partial charge is 0.240 e. The van der Waals surface area contributed by atoms with Crippen LogP contribution in [0.1, 0.15) is 44.9 Å². The highest BCUT2D eigenvalue weighted by Gasteiger charge is 2.51. The lowest BCUT2D eigenvalue weighted by Gasteiger charge is -2.57. The molecule has 7 heteroatoms. The third-order valence-electron chi connectivity index (χ3n) is 6.92. The zero-order valence-electron chi connectivity index (χ0n) is 16.4. The molecule has 0 radical (unpaired) electrons. The van der Waals surface area contributed by atoms with Crippen LogP contribution in [0.15, 0.2) is 29.2 Å². The van der Waals surface area contributed by atoms with Crippen molar-refractivity contribution in [1.82, 2.24) is 9.62 Å². The number of rotatable bonds is 7. The first-order chi connectivity index (χ1) is 13.2. The van der Waals surface area contributed by atoms with Crippen LogP contribution >= 0.6 is 0 Å². The number of nitrogens with one attached hydrogen (secondary N) is 1. The Balaban J connectivity index is 1.29. The van der Waals surface area contributed by atoms with Gasteiger partial charge >= 0.3 is 0 Å². The van der Waals surface area contributed by atoms with E-state index in [0.29, 0.717) is 0 Å². The molecule has 154 valence electrons. The maximum atomic E-state index is 13.0. The largest absolute Gasteiger partial charge is 0.345 e. The van der Waals surface area contributed by atoms with Crippen molar-refractivity contribution in [2.75, 3.05) is 20.1 Å². The Morgan fingerprint density at radius 1 is 1.11 bits per heavy atom. The van der Waals surface area contributed by atoms with Gasteiger partial charge in [-0.05, 0) is 86.0 Å². The van der Waals surface area contributed by atoms with E-state index in [4.69, 9.17) is 0 Å². The number of nitrogens with zero attached hydrogens (tertiary/aromatic N) is 1. The van der Waals surface area contributed by atoms with Crippen molar-refractivity contribution in [3.63, 3.8) is 0 Å². The first-order valence-electron chi connectivity index (χ1n) is 10.2. The summed E-state index contributed by atoms with van der Waals surface area (Å²) in [6.07, 6.45) is 7.99. The molecule has 0 aliphatic heterocycles. The van der Waals surface area contributed by atoms with Gasteiger partial charge in [0, 0.05) is 26.6 Å². The van der Waals surface area contributed by atoms with Crippen molar-refractivity contribution in [1.29, 1.82) is 0 Å². The van der Waals surface area contributed by atoms with Crippen LogP contribution in [0.25, 0.3) is 0 Å². The summed E-state index contributed by atoms with van der Waals surface area (Å²) in [6, 6.07) is 4.66. The van der Waals surface area contributed by atoms with Gasteiger partial charge in [0.2, 0.25) is 15.9 Å². The van der Waals surface area contributed by atoms with E-state index in [9.17, 15) is 17.6 Å². The van der Waals surface area contributed by atoms with Gasteiger partial charge in [0.1, 0.15) is 5.82 Å². The van der Waals surface area contributed by atoms with E-state index >= 15 is 0 Å². The summed E-state index contributed by atoms with van der Waals surface area (Å²) in [7, 11) is -1.89. The van der Waals surface area contributed by atoms with Gasteiger partial charge in [0.15, 0.2) is 0 Å². The van der Waals surface area contributed by atoms with Gasteiger partial charge in [-0.3, -0.25) is 4.79 Å². The summed E-state index contributed by atoms with van der Waals surface area (Å²) >= 11 is 0. The highest BCUT2D eigenvalue weighted by Crippen LogP contribution is 2.60. The van der Waals surface area contributed by atoms with Crippen molar-refractivity contribution >= 4 is 15.9 Å². The molecule has 0 unspecified atom stereocenters. The average molecular weight is 409 g/mol. The molecule has 4 fully saturated rings. The molecule has 0 aromatic heterocycles. The van der Waals surface area contributed by atoms with Crippen molar-refractivity contribution < 1.29 is 17.6 Å². The van der Waals surface area contributed by atoms with Crippen molar-refractivity contribution in [2.45, 2.75) is 49.8 Å². The molecule has 28 heavy (non-hydrogen) atoms. The number of hydrogen-bond donors (Lipinski definition) is 1. The Morgan fingerprint density at radius 2 is 1.64 bits per heavy atom. The molecular formula is C21H29FN2O3S. The summed E-state index contributed by atoms with van der Waals surface area (Å²) < 4.78 is 39.9. The van der Waals surface area contributed by atoms with Crippen LogP contribution in [0.2, 0.25) is 0 Å². The quantitative estimate of drug-likeness (QED) is 0.754. The van der Waals surface area contributed by atoms with Gasteiger partial charge in [0.25, 0.3) is 0 Å². The van der Waals surface area contributed by atoms with E-state index in [1.807, 2.05) is 7.05 Å². The predicted molar refractivity (Wildman–Crippen MR) is 104 cm³/mol. The fourth-order valence-electron chi connectivity index (χ4n) is 6.26. The minimum absolute atomic E-state index is 0.00303. The second-order valence-corrected chi connectivity index (χ2v) is 11.0. The van der Waals surface area contributed by atoms with Crippen molar-refractivity contribution in [3.05, 3.63) is 30.1 Å². The van der Waals surface area contributed by atoms with E-state index in [-0.39, 0.29) is 29.2 Å². The third kappa shape index (κ3) is 4.10. The number of hydrogen-bond acceptors (Lipinski definition) is 3. The molecule has 0 heterocycles. The van der Waals surface area contributed by atoms with Gasteiger partial charge in [-0.2, -0.15) is 0 Å². The van der Waals surface area contributed by atoms with E-state index in [1.54, 1.807) is 4.90 Å². The van der Waals surface area contributed by atoms with E-state index in [2.05, 4.69) is 4.72 Å². The van der Waals surface area contributed by atoms with Gasteiger partial charge < -0.3 is 4.90 Å². The molecule has 1 aromatic carbocycles. The van der Waals surface area contributed by atoms with Gasteiger partial charge in [-0.25, -0.2) is 17.5 Å². The second kappa shape index (κ2) is 7.41. The number of carbonyl (C=O) groups is 1. The van der Waals surface area contributed by atoms with Gasteiger partial charge in [-0.1, -0.05) is 0 Å². The zero-order valence-corrected chi connectivity index (χ0v) is 17.2. The molecular weight excluding hydrogens is 379 g/mol. The highest BCUT2D eigenvalue weighted by molar-refractivity contribution is 7.89. The topological polar surface area (TPSA) is 66.5 Å². The fraction of sp³-hybridized carbons (Fsp3) is 0.667. The van der Waals surface area contributed by atoms with Crippen LogP contribution in [0.3, 0.4) is 0 Å². The SMILES string of the molecule is CN(CC12CC3CC(CC(C3)C1)C2)C(=O)CCNS(=O)(=O)c1ccc(F)cc1. The third-order valence-corrected chi connectivity index (χ3v) is 8.40. The molecule has 4 aliphatic carbocycles. The fourth-order valence-corrected chi connectivity index (χ4v) is 7.29. The monoisotopic (exact) mass is 408 g/mol. The normalized spacial score (nSPS) is 31.1. The van der Waals surface area contributed by atoms with Crippen LogP contribution in [-0.2, 0) is 14.8 Å². The second-order valence-electron chi connectivity index (χ2n) is 9.27. The van der Waals surface area contributed by atoms with Crippen molar-refractivity contribution in [2.24, 2.45) is 23.2 Å². The molecule has 5 nitrogen and oxygen atoms in total. The van der Waals surface area contributed by atoms with Gasteiger partial charge in [-0.15, -0.1) is 0 Å². The molecule has 5 rings (SSSR count). The minimum Gasteiger partial charge on any atom is -0.345 e. The predicted octanol–water partition coefficient (Wildman–Crippen LogP) is 3.17. The number of carbonyl (C=O) groups excluding carboxylic acids is 1. The lowest BCUT2D eigenvalue weighted by atomic mass is 9.49. The first kappa shape index (κ1) is 19.8. The highest BCUT2D eigenvalue weighted by atomic mass is 32.2. The Hall–Kier alpha value is -1.47. The van der Waals surface area contributed by atoms with Crippen LogP contribution in [-0.4, -0.2) is 39.4 Å². The average Bonchev–Trinajstić information content (AvgIpc) is 2.60. The van der Waals surface area contributed by atoms with Crippen molar-refractivity contribution in [3.8, 4) is 0 Å². The van der Waals surface area contributed by atoms with E-state index in [0.717, 1.165) is 36.4 Å². The van der Waals surface area contributed by atoms with Gasteiger partial charge in [0.05, 0.1) is 4.90 Å². The molecule has 0 spiro atoms. The first-order valence-corrected chi connectivity index (χ1v) is 11.7. The summed E-state index contributed by atoms with van der Waals surface area (Å²) in [6.45, 7) is 0.837. The Morgan fingerprint density at radius 3 is 2.18 bits per heavy atom. The van der Waals surface area contributed by atoms with Crippen LogP contribution in [0.5, 0.6) is 0 Å². The number of benzene rings is 1. The number of amides is 1. The van der Waals surface area contributed by atoms with Crippen LogP contribution in [0, 0.1) is 29.0 Å². The standard InChI is InChI=1S/C21H29FN2O3S/c1-24(14-21-11-15-8-16(12-21)10-17(9-15)13-21)20(25)6-7-23-28(26,27)19-4-2-18(22)3-5-19/h2-5,15-17,23H,6-14H2,1H3. The Bertz CT molecular complexity index is 802. The molecule has 0 atom stereocenters. The zero-order chi connectivity index (χ0) is 19.9. The number of sulfonamides is 1. The van der Waals surface area contributed by atoms with Crippen LogP contribution < -0.4 is 4.72 Å². The maximum absolute atomic E-state index is 13.0. The molecule has 1 amide bonds. The molecule has 0 saturated heterocycles. The van der Waals surface area contributed by atoms with Crippen LogP contribution in [0.4, 0.5) is 4.39 Å². The molecule has 1 aromatic rings. The maximum Gasteiger partial charge on any atom is 0.240 e. The van der Waals surface area contributed by atoms with E-state index in [1.165, 1.54) is 50.7 Å². The summed E-state index contributed by atoms with van der Waals surface area (Å²) in [4.78, 5) is 14.4. The Labute approximate surface area is 166 Å². The lowest BCUT2D eigenvalue weighted by Crippen LogP contribution is -2.51. The molecule has 4 bridgehead atoms.